The molecule has 1 aromatic heterocycles. The molecule has 1 saturated heterocycles. The summed E-state index contributed by atoms with van der Waals surface area (Å²) in [6, 6.07) is 10.5. The van der Waals surface area contributed by atoms with E-state index in [9.17, 15) is 13.2 Å². The molecule has 1 aliphatic rings. The molecule has 25 heavy (non-hydrogen) atoms. The van der Waals surface area contributed by atoms with E-state index in [1.807, 2.05) is 24.6 Å². The summed E-state index contributed by atoms with van der Waals surface area (Å²) >= 11 is 0. The Morgan fingerprint density at radius 2 is 1.96 bits per heavy atom. The van der Waals surface area contributed by atoms with Crippen LogP contribution >= 0.6 is 0 Å². The molecule has 134 valence electrons. The molecule has 2 heterocycles. The van der Waals surface area contributed by atoms with Crippen molar-refractivity contribution in [2.24, 2.45) is 0 Å². The van der Waals surface area contributed by atoms with E-state index in [4.69, 9.17) is 0 Å². The molecule has 1 amide bonds. The minimum atomic E-state index is -3.42. The van der Waals surface area contributed by atoms with Gasteiger partial charge in [0.05, 0.1) is 22.4 Å². The first-order valence-electron chi connectivity index (χ1n) is 8.45. The third kappa shape index (κ3) is 3.92. The number of amides is 1. The molecule has 6 nitrogen and oxygen atoms in total. The number of aromatic nitrogens is 2. The van der Waals surface area contributed by atoms with Crippen LogP contribution in [0.3, 0.4) is 0 Å². The third-order valence-corrected chi connectivity index (χ3v) is 6.33. The highest BCUT2D eigenvalue weighted by Crippen LogP contribution is 2.24. The molecular formula is C18H23N3O3S. The smallest absolute Gasteiger partial charge is 0.223 e. The molecule has 3 rings (SSSR count). The van der Waals surface area contributed by atoms with Crippen LogP contribution in [0.4, 0.5) is 0 Å². The van der Waals surface area contributed by atoms with E-state index < -0.39 is 9.84 Å². The fourth-order valence-corrected chi connectivity index (χ4v) is 4.56. The first kappa shape index (κ1) is 17.7. The molecule has 0 bridgehead atoms. The topological polar surface area (TPSA) is 72.3 Å². The lowest BCUT2D eigenvalue weighted by Crippen LogP contribution is -2.30. The molecule has 0 N–H and O–H groups in total. The summed E-state index contributed by atoms with van der Waals surface area (Å²) in [5.41, 5.74) is 2.06. The quantitative estimate of drug-likeness (QED) is 0.818. The number of nitrogens with zero attached hydrogens (tertiary/aromatic N) is 3. The molecule has 1 atom stereocenters. The van der Waals surface area contributed by atoms with E-state index in [1.54, 1.807) is 35.2 Å². The standard InChI is InChI=1S/C18H23N3O3S/c1-14-12-15(2)21(19-14)16-8-10-20(13-16)18(22)9-11-25(23,24)17-6-4-3-5-7-17/h3-7,12,16H,8-11,13H2,1-2H3. The van der Waals surface area contributed by atoms with Crippen molar-refractivity contribution in [3.05, 3.63) is 47.8 Å². The molecular weight excluding hydrogens is 338 g/mol. The molecule has 0 radical (unpaired) electrons. The van der Waals surface area contributed by atoms with Gasteiger partial charge in [0.25, 0.3) is 0 Å². The predicted molar refractivity (Wildman–Crippen MR) is 95.0 cm³/mol. The van der Waals surface area contributed by atoms with Crippen LogP contribution in [0.5, 0.6) is 0 Å². The van der Waals surface area contributed by atoms with E-state index in [-0.39, 0.29) is 29.0 Å². The van der Waals surface area contributed by atoms with Gasteiger partial charge in [-0.05, 0) is 38.5 Å². The Balaban J connectivity index is 1.59. The Morgan fingerprint density at radius 1 is 1.24 bits per heavy atom. The van der Waals surface area contributed by atoms with Crippen LogP contribution in [0.1, 0.15) is 30.3 Å². The fraction of sp³-hybridized carbons (Fsp3) is 0.444. The maximum absolute atomic E-state index is 12.4. The van der Waals surface area contributed by atoms with Gasteiger partial charge in [-0.15, -0.1) is 0 Å². The van der Waals surface area contributed by atoms with Crippen LogP contribution < -0.4 is 0 Å². The molecule has 2 aromatic rings. The number of hydrogen-bond acceptors (Lipinski definition) is 4. The zero-order chi connectivity index (χ0) is 18.0. The van der Waals surface area contributed by atoms with Crippen LogP contribution in [-0.4, -0.2) is 47.8 Å². The summed E-state index contributed by atoms with van der Waals surface area (Å²) in [5, 5.41) is 4.49. The van der Waals surface area contributed by atoms with E-state index in [0.29, 0.717) is 13.1 Å². The Morgan fingerprint density at radius 3 is 2.60 bits per heavy atom. The monoisotopic (exact) mass is 361 g/mol. The highest BCUT2D eigenvalue weighted by Gasteiger charge is 2.29. The zero-order valence-corrected chi connectivity index (χ0v) is 15.4. The largest absolute Gasteiger partial charge is 0.340 e. The van der Waals surface area contributed by atoms with Crippen molar-refractivity contribution >= 4 is 15.7 Å². The molecule has 1 aromatic carbocycles. The lowest BCUT2D eigenvalue weighted by Gasteiger charge is -2.17. The maximum Gasteiger partial charge on any atom is 0.223 e. The molecule has 1 unspecified atom stereocenters. The summed E-state index contributed by atoms with van der Waals surface area (Å²) in [6.45, 7) is 5.20. The number of rotatable bonds is 5. The number of benzene rings is 1. The number of sulfone groups is 1. The number of carbonyl (C=O) groups is 1. The van der Waals surface area contributed by atoms with Crippen LogP contribution in [0.25, 0.3) is 0 Å². The van der Waals surface area contributed by atoms with Crippen molar-refractivity contribution < 1.29 is 13.2 Å². The summed E-state index contributed by atoms with van der Waals surface area (Å²) in [5.74, 6) is -0.264. The van der Waals surface area contributed by atoms with Crippen molar-refractivity contribution in [1.29, 1.82) is 0 Å². The number of hydrogen-bond donors (Lipinski definition) is 0. The number of carbonyl (C=O) groups excluding carboxylic acids is 1. The van der Waals surface area contributed by atoms with E-state index in [2.05, 4.69) is 5.10 Å². The highest BCUT2D eigenvalue weighted by molar-refractivity contribution is 7.91. The van der Waals surface area contributed by atoms with Crippen LogP contribution in [0.2, 0.25) is 0 Å². The van der Waals surface area contributed by atoms with Gasteiger partial charge in [-0.1, -0.05) is 18.2 Å². The average Bonchev–Trinajstić information content (AvgIpc) is 3.20. The molecule has 1 fully saturated rings. The fourth-order valence-electron chi connectivity index (χ4n) is 3.31. The molecule has 1 aliphatic heterocycles. The second kappa shape index (κ2) is 7.00. The predicted octanol–water partition coefficient (Wildman–Crippen LogP) is 2.14. The van der Waals surface area contributed by atoms with Crippen LogP contribution in [-0.2, 0) is 14.6 Å². The molecule has 0 spiro atoms. The van der Waals surface area contributed by atoms with Crippen LogP contribution in [0.15, 0.2) is 41.3 Å². The lowest BCUT2D eigenvalue weighted by atomic mass is 10.2. The van der Waals surface area contributed by atoms with Crippen molar-refractivity contribution in [3.8, 4) is 0 Å². The summed E-state index contributed by atoms with van der Waals surface area (Å²) in [4.78, 5) is 14.4. The molecule has 0 saturated carbocycles. The number of aryl methyl sites for hydroxylation is 2. The van der Waals surface area contributed by atoms with Gasteiger partial charge in [0.1, 0.15) is 0 Å². The van der Waals surface area contributed by atoms with E-state index >= 15 is 0 Å². The van der Waals surface area contributed by atoms with Crippen molar-refractivity contribution in [2.75, 3.05) is 18.8 Å². The maximum atomic E-state index is 12.4. The van der Waals surface area contributed by atoms with Gasteiger partial charge in [-0.25, -0.2) is 8.42 Å². The van der Waals surface area contributed by atoms with Gasteiger partial charge in [0, 0.05) is 25.2 Å². The summed E-state index contributed by atoms with van der Waals surface area (Å²) in [7, 11) is -3.42. The van der Waals surface area contributed by atoms with Crippen LogP contribution in [0, 0.1) is 13.8 Å². The highest BCUT2D eigenvalue weighted by atomic mass is 32.2. The van der Waals surface area contributed by atoms with Gasteiger partial charge in [0.15, 0.2) is 9.84 Å². The van der Waals surface area contributed by atoms with E-state index in [0.717, 1.165) is 17.8 Å². The number of likely N-dealkylation sites (tertiary alicyclic amines) is 1. The SMILES string of the molecule is Cc1cc(C)n(C2CCN(C(=O)CCS(=O)(=O)c3ccccc3)C2)n1. The first-order valence-corrected chi connectivity index (χ1v) is 10.1. The van der Waals surface area contributed by atoms with Crippen molar-refractivity contribution in [2.45, 2.75) is 37.6 Å². The van der Waals surface area contributed by atoms with Crippen molar-refractivity contribution in [3.63, 3.8) is 0 Å². The Hall–Kier alpha value is -2.15. The Kier molecular flexibility index (Phi) is 4.94. The summed E-state index contributed by atoms with van der Waals surface area (Å²) in [6.07, 6.45) is 0.861. The lowest BCUT2D eigenvalue weighted by molar-refractivity contribution is -0.129. The first-order chi connectivity index (χ1) is 11.9. The third-order valence-electron chi connectivity index (χ3n) is 4.59. The minimum absolute atomic E-state index is 0.0149. The Labute approximate surface area is 148 Å². The normalized spacial score (nSPS) is 17.8. The second-order valence-electron chi connectivity index (χ2n) is 6.54. The van der Waals surface area contributed by atoms with Crippen molar-refractivity contribution in [1.82, 2.24) is 14.7 Å². The van der Waals surface area contributed by atoms with Gasteiger partial charge in [0.2, 0.25) is 5.91 Å². The second-order valence-corrected chi connectivity index (χ2v) is 8.64. The van der Waals surface area contributed by atoms with Gasteiger partial charge >= 0.3 is 0 Å². The average molecular weight is 361 g/mol. The minimum Gasteiger partial charge on any atom is -0.340 e. The van der Waals surface area contributed by atoms with Gasteiger partial charge in [-0.2, -0.15) is 5.10 Å². The van der Waals surface area contributed by atoms with Gasteiger partial charge in [-0.3, -0.25) is 9.48 Å². The molecule has 7 heteroatoms. The Bertz CT molecular complexity index is 859. The van der Waals surface area contributed by atoms with Gasteiger partial charge < -0.3 is 4.90 Å². The molecule has 0 aliphatic carbocycles. The zero-order valence-electron chi connectivity index (χ0n) is 14.6. The summed E-state index contributed by atoms with van der Waals surface area (Å²) < 4.78 is 26.6. The van der Waals surface area contributed by atoms with E-state index in [1.165, 1.54) is 0 Å².